The molecule has 0 saturated heterocycles. The maximum absolute atomic E-state index is 11.4. The summed E-state index contributed by atoms with van der Waals surface area (Å²) < 4.78 is 4.89. The minimum atomic E-state index is -0.286. The standard InChI is InChI=1S/C13H17NO2/c1-3-5-10-14-12-8-6-11(7-9-12)13(15)16-4-2/h6-10H,3-5H2,1-2H3. The van der Waals surface area contributed by atoms with Crippen molar-refractivity contribution in [1.29, 1.82) is 0 Å². The summed E-state index contributed by atoms with van der Waals surface area (Å²) in [5.41, 5.74) is 1.43. The van der Waals surface area contributed by atoms with Crippen LogP contribution < -0.4 is 0 Å². The van der Waals surface area contributed by atoms with Gasteiger partial charge >= 0.3 is 5.97 Å². The fraction of sp³-hybridized carbons (Fsp3) is 0.385. The van der Waals surface area contributed by atoms with Gasteiger partial charge in [-0.2, -0.15) is 0 Å². The van der Waals surface area contributed by atoms with Crippen LogP contribution in [0.5, 0.6) is 0 Å². The SMILES string of the molecule is CCCC=Nc1ccc(C(=O)OCC)cc1. The van der Waals surface area contributed by atoms with Gasteiger partial charge in [0, 0.05) is 6.21 Å². The first kappa shape index (κ1) is 12.4. The van der Waals surface area contributed by atoms with E-state index in [4.69, 9.17) is 4.74 Å². The van der Waals surface area contributed by atoms with Crippen LogP contribution in [-0.4, -0.2) is 18.8 Å². The van der Waals surface area contributed by atoms with Crippen molar-refractivity contribution < 1.29 is 9.53 Å². The summed E-state index contributed by atoms with van der Waals surface area (Å²) in [5, 5.41) is 0. The zero-order chi connectivity index (χ0) is 11.8. The molecule has 1 aromatic rings. The quantitative estimate of drug-likeness (QED) is 0.562. The van der Waals surface area contributed by atoms with E-state index in [9.17, 15) is 4.79 Å². The van der Waals surface area contributed by atoms with Crippen molar-refractivity contribution in [2.45, 2.75) is 26.7 Å². The van der Waals surface area contributed by atoms with E-state index in [1.54, 1.807) is 19.1 Å². The van der Waals surface area contributed by atoms with E-state index in [1.807, 2.05) is 18.3 Å². The van der Waals surface area contributed by atoms with Crippen molar-refractivity contribution in [3.05, 3.63) is 29.8 Å². The Morgan fingerprint density at radius 1 is 1.31 bits per heavy atom. The summed E-state index contributed by atoms with van der Waals surface area (Å²) in [7, 11) is 0. The summed E-state index contributed by atoms with van der Waals surface area (Å²) in [6.45, 7) is 4.30. The molecule has 0 fully saturated rings. The molecule has 0 spiro atoms. The number of ether oxygens (including phenoxy) is 1. The maximum atomic E-state index is 11.4. The minimum absolute atomic E-state index is 0.286. The zero-order valence-electron chi connectivity index (χ0n) is 9.77. The molecule has 0 aliphatic carbocycles. The van der Waals surface area contributed by atoms with Crippen LogP contribution in [0.1, 0.15) is 37.0 Å². The van der Waals surface area contributed by atoms with Gasteiger partial charge in [-0.25, -0.2) is 4.79 Å². The minimum Gasteiger partial charge on any atom is -0.462 e. The summed E-state index contributed by atoms with van der Waals surface area (Å²) in [6.07, 6.45) is 3.95. The van der Waals surface area contributed by atoms with E-state index in [0.29, 0.717) is 12.2 Å². The molecule has 3 nitrogen and oxygen atoms in total. The van der Waals surface area contributed by atoms with E-state index < -0.39 is 0 Å². The first-order valence-electron chi connectivity index (χ1n) is 5.57. The average Bonchev–Trinajstić information content (AvgIpc) is 2.30. The van der Waals surface area contributed by atoms with Crippen molar-refractivity contribution in [2.75, 3.05) is 6.61 Å². The number of carbonyl (C=O) groups is 1. The number of aliphatic imine (C=N–C) groups is 1. The second-order valence-corrected chi connectivity index (χ2v) is 3.37. The third kappa shape index (κ3) is 3.85. The lowest BCUT2D eigenvalue weighted by Crippen LogP contribution is -2.03. The lowest BCUT2D eigenvalue weighted by molar-refractivity contribution is 0.0526. The summed E-state index contributed by atoms with van der Waals surface area (Å²) in [4.78, 5) is 15.6. The van der Waals surface area contributed by atoms with Crippen LogP contribution in [0.25, 0.3) is 0 Å². The monoisotopic (exact) mass is 219 g/mol. The number of hydrogen-bond donors (Lipinski definition) is 0. The number of esters is 1. The van der Waals surface area contributed by atoms with Gasteiger partial charge in [-0.15, -0.1) is 0 Å². The molecular formula is C13H17NO2. The number of nitrogens with zero attached hydrogens (tertiary/aromatic N) is 1. The third-order valence-electron chi connectivity index (χ3n) is 2.04. The molecule has 0 unspecified atom stereocenters. The van der Waals surface area contributed by atoms with Gasteiger partial charge < -0.3 is 4.74 Å². The van der Waals surface area contributed by atoms with Crippen LogP contribution in [0.15, 0.2) is 29.3 Å². The molecule has 0 saturated carbocycles. The molecule has 3 heteroatoms. The molecule has 0 bridgehead atoms. The second-order valence-electron chi connectivity index (χ2n) is 3.37. The highest BCUT2D eigenvalue weighted by molar-refractivity contribution is 5.89. The van der Waals surface area contributed by atoms with Crippen LogP contribution in [0.4, 0.5) is 5.69 Å². The van der Waals surface area contributed by atoms with Crippen LogP contribution in [0, 0.1) is 0 Å². The highest BCUT2D eigenvalue weighted by atomic mass is 16.5. The van der Waals surface area contributed by atoms with Crippen molar-refractivity contribution in [3.8, 4) is 0 Å². The molecule has 0 aliphatic heterocycles. The molecule has 0 amide bonds. The summed E-state index contributed by atoms with van der Waals surface area (Å²) >= 11 is 0. The third-order valence-corrected chi connectivity index (χ3v) is 2.04. The Labute approximate surface area is 96.2 Å². The van der Waals surface area contributed by atoms with Crippen molar-refractivity contribution in [3.63, 3.8) is 0 Å². The molecule has 0 atom stereocenters. The Kier molecular flexibility index (Phi) is 5.26. The van der Waals surface area contributed by atoms with Gasteiger partial charge in [-0.3, -0.25) is 4.99 Å². The first-order chi connectivity index (χ1) is 7.77. The topological polar surface area (TPSA) is 38.7 Å². The van der Waals surface area contributed by atoms with Crippen LogP contribution in [0.2, 0.25) is 0 Å². The molecule has 0 aliphatic rings. The van der Waals surface area contributed by atoms with E-state index in [2.05, 4.69) is 11.9 Å². The molecule has 16 heavy (non-hydrogen) atoms. The smallest absolute Gasteiger partial charge is 0.338 e. The molecule has 86 valence electrons. The first-order valence-corrected chi connectivity index (χ1v) is 5.57. The highest BCUT2D eigenvalue weighted by Gasteiger charge is 2.04. The van der Waals surface area contributed by atoms with E-state index >= 15 is 0 Å². The van der Waals surface area contributed by atoms with E-state index in [0.717, 1.165) is 18.5 Å². The van der Waals surface area contributed by atoms with Gasteiger partial charge in [0.25, 0.3) is 0 Å². The van der Waals surface area contributed by atoms with Crippen molar-refractivity contribution >= 4 is 17.9 Å². The lowest BCUT2D eigenvalue weighted by Gasteiger charge is -2.01. The summed E-state index contributed by atoms with van der Waals surface area (Å²) in [6, 6.07) is 7.10. The zero-order valence-corrected chi connectivity index (χ0v) is 9.77. The van der Waals surface area contributed by atoms with E-state index in [-0.39, 0.29) is 5.97 Å². The fourth-order valence-electron chi connectivity index (χ4n) is 1.20. The predicted molar refractivity (Wildman–Crippen MR) is 65.5 cm³/mol. The Bertz CT molecular complexity index is 355. The maximum Gasteiger partial charge on any atom is 0.338 e. The molecular weight excluding hydrogens is 202 g/mol. The molecule has 0 N–H and O–H groups in total. The summed E-state index contributed by atoms with van der Waals surface area (Å²) in [5.74, 6) is -0.286. The van der Waals surface area contributed by atoms with Gasteiger partial charge in [-0.05, 0) is 37.6 Å². The fourth-order valence-corrected chi connectivity index (χ4v) is 1.20. The number of unbranched alkanes of at least 4 members (excludes halogenated alkanes) is 1. The Morgan fingerprint density at radius 3 is 2.56 bits per heavy atom. The van der Waals surface area contributed by atoms with Gasteiger partial charge in [-0.1, -0.05) is 13.3 Å². The molecule has 0 radical (unpaired) electrons. The van der Waals surface area contributed by atoms with Crippen LogP contribution in [0.3, 0.4) is 0 Å². The van der Waals surface area contributed by atoms with E-state index in [1.165, 1.54) is 0 Å². The van der Waals surface area contributed by atoms with Gasteiger partial charge in [0.05, 0.1) is 17.9 Å². The lowest BCUT2D eigenvalue weighted by atomic mass is 10.2. The van der Waals surface area contributed by atoms with Crippen LogP contribution in [-0.2, 0) is 4.74 Å². The predicted octanol–water partition coefficient (Wildman–Crippen LogP) is 3.37. The Balaban J connectivity index is 2.64. The van der Waals surface area contributed by atoms with Gasteiger partial charge in [0.2, 0.25) is 0 Å². The average molecular weight is 219 g/mol. The van der Waals surface area contributed by atoms with Gasteiger partial charge in [0.15, 0.2) is 0 Å². The number of benzene rings is 1. The number of rotatable bonds is 5. The molecule has 0 heterocycles. The second kappa shape index (κ2) is 6.77. The van der Waals surface area contributed by atoms with Crippen molar-refractivity contribution in [1.82, 2.24) is 0 Å². The van der Waals surface area contributed by atoms with Crippen LogP contribution >= 0.6 is 0 Å². The van der Waals surface area contributed by atoms with Gasteiger partial charge in [0.1, 0.15) is 0 Å². The number of carbonyl (C=O) groups excluding carboxylic acids is 1. The largest absolute Gasteiger partial charge is 0.462 e. The number of hydrogen-bond acceptors (Lipinski definition) is 3. The van der Waals surface area contributed by atoms with Crippen molar-refractivity contribution in [2.24, 2.45) is 4.99 Å². The highest BCUT2D eigenvalue weighted by Crippen LogP contribution is 2.13. The molecule has 1 rings (SSSR count). The Morgan fingerprint density at radius 2 is 2.00 bits per heavy atom. The Hall–Kier alpha value is -1.64. The normalized spacial score (nSPS) is 10.6. The molecule has 1 aromatic carbocycles. The molecule has 0 aromatic heterocycles.